The topological polar surface area (TPSA) is 71.2 Å². The van der Waals surface area contributed by atoms with Crippen molar-refractivity contribution in [1.82, 2.24) is 19.9 Å². The molecule has 0 aromatic carbocycles. The average molecular weight is 361 g/mol. The summed E-state index contributed by atoms with van der Waals surface area (Å²) in [5.41, 5.74) is 0.234. The number of amides is 1. The largest absolute Gasteiger partial charge is 0.383 e. The number of carbonyl (C=O) groups is 1. The first-order valence-corrected chi connectivity index (χ1v) is 10.4. The summed E-state index contributed by atoms with van der Waals surface area (Å²) in [6.07, 6.45) is 10.8. The van der Waals surface area contributed by atoms with Gasteiger partial charge >= 0.3 is 0 Å². The molecule has 2 saturated carbocycles. The molecule has 1 amide bonds. The van der Waals surface area contributed by atoms with Crippen LogP contribution in [0.15, 0.2) is 6.20 Å². The van der Waals surface area contributed by atoms with E-state index >= 15 is 0 Å². The number of piperidine rings is 1. The smallest absolute Gasteiger partial charge is 0.226 e. The second-order valence-electron chi connectivity index (χ2n) is 8.71. The van der Waals surface area contributed by atoms with E-state index in [1.165, 1.54) is 0 Å². The zero-order valence-corrected chi connectivity index (χ0v) is 16.2. The van der Waals surface area contributed by atoms with Crippen molar-refractivity contribution in [3.05, 3.63) is 11.9 Å². The van der Waals surface area contributed by atoms with Gasteiger partial charge in [-0.1, -0.05) is 31.9 Å². The van der Waals surface area contributed by atoms with E-state index < -0.39 is 5.60 Å². The quantitative estimate of drug-likeness (QED) is 0.876. The number of carbonyl (C=O) groups excluding carboxylic acids is 1. The molecule has 6 nitrogen and oxygen atoms in total. The van der Waals surface area contributed by atoms with Gasteiger partial charge in [0.2, 0.25) is 5.91 Å². The Morgan fingerprint density at radius 1 is 1.23 bits per heavy atom. The molecular formula is C20H32N4O2. The van der Waals surface area contributed by atoms with E-state index in [0.29, 0.717) is 5.91 Å². The van der Waals surface area contributed by atoms with Crippen molar-refractivity contribution in [3.63, 3.8) is 0 Å². The van der Waals surface area contributed by atoms with Crippen LogP contribution in [0.25, 0.3) is 0 Å². The van der Waals surface area contributed by atoms with Gasteiger partial charge in [-0.3, -0.25) is 4.79 Å². The van der Waals surface area contributed by atoms with Crippen molar-refractivity contribution in [2.24, 2.45) is 11.3 Å². The van der Waals surface area contributed by atoms with Gasteiger partial charge in [-0.25, -0.2) is 4.68 Å². The van der Waals surface area contributed by atoms with Gasteiger partial charge in [-0.2, -0.15) is 0 Å². The van der Waals surface area contributed by atoms with Crippen molar-refractivity contribution < 1.29 is 9.90 Å². The second-order valence-corrected chi connectivity index (χ2v) is 8.71. The van der Waals surface area contributed by atoms with Crippen molar-refractivity contribution in [2.45, 2.75) is 83.3 Å². The SMILES string of the molecule is CCC1(CC)C[C@H]1C(=O)N1CCC(n2cc(C3(O)CCCC3)nn2)CC1. The molecule has 0 bridgehead atoms. The molecule has 1 atom stereocenters. The highest BCUT2D eigenvalue weighted by molar-refractivity contribution is 5.82. The van der Waals surface area contributed by atoms with Gasteiger partial charge < -0.3 is 10.0 Å². The maximum absolute atomic E-state index is 12.8. The lowest BCUT2D eigenvalue weighted by Gasteiger charge is -2.32. The normalized spacial score (nSPS) is 27.7. The number of nitrogens with zero attached hydrogens (tertiary/aromatic N) is 4. The highest BCUT2D eigenvalue weighted by Crippen LogP contribution is 2.58. The summed E-state index contributed by atoms with van der Waals surface area (Å²) in [6.45, 7) is 6.04. The Hall–Kier alpha value is -1.43. The lowest BCUT2D eigenvalue weighted by Crippen LogP contribution is -2.40. The van der Waals surface area contributed by atoms with E-state index in [-0.39, 0.29) is 17.4 Å². The van der Waals surface area contributed by atoms with Gasteiger partial charge in [-0.15, -0.1) is 5.10 Å². The molecule has 144 valence electrons. The van der Waals surface area contributed by atoms with Gasteiger partial charge in [0.15, 0.2) is 0 Å². The fraction of sp³-hybridized carbons (Fsp3) is 0.850. The number of likely N-dealkylation sites (tertiary alicyclic amines) is 1. The molecule has 26 heavy (non-hydrogen) atoms. The summed E-state index contributed by atoms with van der Waals surface area (Å²) in [4.78, 5) is 14.9. The molecule has 1 aliphatic heterocycles. The summed E-state index contributed by atoms with van der Waals surface area (Å²) >= 11 is 0. The summed E-state index contributed by atoms with van der Waals surface area (Å²) < 4.78 is 1.92. The summed E-state index contributed by atoms with van der Waals surface area (Å²) in [7, 11) is 0. The molecule has 1 N–H and O–H groups in total. The maximum Gasteiger partial charge on any atom is 0.226 e. The van der Waals surface area contributed by atoms with Crippen LogP contribution in [0.1, 0.15) is 83.4 Å². The van der Waals surface area contributed by atoms with Crippen LogP contribution in [0.5, 0.6) is 0 Å². The van der Waals surface area contributed by atoms with Crippen molar-refractivity contribution in [3.8, 4) is 0 Å². The van der Waals surface area contributed by atoms with Crippen molar-refractivity contribution in [1.29, 1.82) is 0 Å². The van der Waals surface area contributed by atoms with Crippen LogP contribution in [0.4, 0.5) is 0 Å². The summed E-state index contributed by atoms with van der Waals surface area (Å²) in [6, 6.07) is 0.284. The Kier molecular flexibility index (Phi) is 4.58. The minimum atomic E-state index is -0.773. The second kappa shape index (κ2) is 6.63. The predicted molar refractivity (Wildman–Crippen MR) is 98.4 cm³/mol. The Labute approximate surface area is 155 Å². The maximum atomic E-state index is 12.8. The Bertz CT molecular complexity index is 653. The number of aliphatic hydroxyl groups is 1. The molecule has 4 rings (SSSR count). The monoisotopic (exact) mass is 360 g/mol. The first kappa shape index (κ1) is 18.0. The summed E-state index contributed by atoms with van der Waals surface area (Å²) in [5.74, 6) is 0.621. The molecule has 3 aliphatic rings. The van der Waals surface area contributed by atoms with Gasteiger partial charge in [0.1, 0.15) is 11.3 Å². The van der Waals surface area contributed by atoms with E-state index in [1.54, 1.807) is 0 Å². The number of hydrogen-bond donors (Lipinski definition) is 1. The average Bonchev–Trinajstić information content (AvgIpc) is 2.99. The highest BCUT2D eigenvalue weighted by atomic mass is 16.3. The first-order valence-electron chi connectivity index (χ1n) is 10.4. The molecule has 0 radical (unpaired) electrons. The Morgan fingerprint density at radius 3 is 2.46 bits per heavy atom. The molecule has 1 aromatic rings. The lowest BCUT2D eigenvalue weighted by atomic mass is 9.96. The van der Waals surface area contributed by atoms with Gasteiger partial charge in [0.05, 0.1) is 12.2 Å². The number of aromatic nitrogens is 3. The van der Waals surface area contributed by atoms with Crippen LogP contribution < -0.4 is 0 Å². The molecule has 0 spiro atoms. The van der Waals surface area contributed by atoms with E-state index in [0.717, 1.165) is 76.6 Å². The molecule has 2 aliphatic carbocycles. The first-order chi connectivity index (χ1) is 12.5. The standard InChI is InChI=1S/C20H32N4O2/c1-3-19(4-2)13-16(19)18(25)23-11-7-15(8-12-23)24-14-17(21-22-24)20(26)9-5-6-10-20/h14-16,26H,3-13H2,1-2H3/t16-/m0/s1. The van der Waals surface area contributed by atoms with Gasteiger partial charge in [0, 0.05) is 19.0 Å². The molecular weight excluding hydrogens is 328 g/mol. The van der Waals surface area contributed by atoms with Crippen LogP contribution in [0.3, 0.4) is 0 Å². The van der Waals surface area contributed by atoms with Crippen molar-refractivity contribution in [2.75, 3.05) is 13.1 Å². The molecule has 3 fully saturated rings. The lowest BCUT2D eigenvalue weighted by molar-refractivity contribution is -0.134. The van der Waals surface area contributed by atoms with Gasteiger partial charge in [-0.05, 0) is 50.4 Å². The van der Waals surface area contributed by atoms with Crippen LogP contribution >= 0.6 is 0 Å². The fourth-order valence-corrected chi connectivity index (χ4v) is 5.18. The zero-order chi connectivity index (χ0) is 18.4. The minimum absolute atomic E-state index is 0.253. The minimum Gasteiger partial charge on any atom is -0.383 e. The predicted octanol–water partition coefficient (Wildman–Crippen LogP) is 3.03. The molecule has 0 unspecified atom stereocenters. The van der Waals surface area contributed by atoms with Crippen LogP contribution in [-0.2, 0) is 10.4 Å². The highest BCUT2D eigenvalue weighted by Gasteiger charge is 2.56. The van der Waals surface area contributed by atoms with Crippen LogP contribution in [-0.4, -0.2) is 44.0 Å². The molecule has 6 heteroatoms. The summed E-state index contributed by atoms with van der Waals surface area (Å²) in [5, 5.41) is 19.2. The van der Waals surface area contributed by atoms with Crippen LogP contribution in [0, 0.1) is 11.3 Å². The number of hydrogen-bond acceptors (Lipinski definition) is 4. The Morgan fingerprint density at radius 2 is 1.88 bits per heavy atom. The third-order valence-electron chi connectivity index (χ3n) is 7.46. The third kappa shape index (κ3) is 2.96. The number of rotatable bonds is 5. The van der Waals surface area contributed by atoms with E-state index in [2.05, 4.69) is 29.1 Å². The zero-order valence-electron chi connectivity index (χ0n) is 16.2. The van der Waals surface area contributed by atoms with E-state index in [9.17, 15) is 9.90 Å². The molecule has 1 saturated heterocycles. The van der Waals surface area contributed by atoms with E-state index in [1.807, 2.05) is 10.9 Å². The van der Waals surface area contributed by atoms with Crippen molar-refractivity contribution >= 4 is 5.91 Å². The Balaban J connectivity index is 1.34. The molecule has 1 aromatic heterocycles. The molecule has 2 heterocycles. The third-order valence-corrected chi connectivity index (χ3v) is 7.46. The van der Waals surface area contributed by atoms with Gasteiger partial charge in [0.25, 0.3) is 0 Å². The van der Waals surface area contributed by atoms with Crippen LogP contribution in [0.2, 0.25) is 0 Å². The van der Waals surface area contributed by atoms with E-state index in [4.69, 9.17) is 0 Å². The fourth-order valence-electron chi connectivity index (χ4n) is 5.18.